The summed E-state index contributed by atoms with van der Waals surface area (Å²) in [5, 5.41) is 44.2. The van der Waals surface area contributed by atoms with Crippen LogP contribution in [0.15, 0.2) is 120 Å². The molecule has 0 bridgehead atoms. The highest BCUT2D eigenvalue weighted by molar-refractivity contribution is 6.52. The van der Waals surface area contributed by atoms with Crippen LogP contribution in [0.3, 0.4) is 0 Å². The molecular weight excluding hydrogens is 783 g/mol. The van der Waals surface area contributed by atoms with E-state index in [1.807, 2.05) is 94.4 Å². The van der Waals surface area contributed by atoms with E-state index in [4.69, 9.17) is 0 Å². The lowest BCUT2D eigenvalue weighted by Gasteiger charge is -2.34. The smallest absolute Gasteiger partial charge is 0.228 e. The van der Waals surface area contributed by atoms with Crippen LogP contribution >= 0.6 is 0 Å². The van der Waals surface area contributed by atoms with E-state index in [1.54, 1.807) is 0 Å². The molecule has 6 aromatic carbocycles. The number of carbonyl (C=O) groups is 2. The molecule has 0 saturated heterocycles. The van der Waals surface area contributed by atoms with Gasteiger partial charge in [0.25, 0.3) is 0 Å². The normalized spacial score (nSPS) is 21.3. The van der Waals surface area contributed by atoms with E-state index in [9.17, 15) is 19.8 Å². The van der Waals surface area contributed by atoms with Gasteiger partial charge in [0.1, 0.15) is 0 Å². The molecule has 2 aliphatic carbocycles. The monoisotopic (exact) mass is 831 g/mol. The molecule has 0 radical (unpaired) electrons. The van der Waals surface area contributed by atoms with Crippen molar-refractivity contribution >= 4 is 77.7 Å². The molecule has 314 valence electrons. The summed E-state index contributed by atoms with van der Waals surface area (Å²) in [6.45, 7) is 17.5. The average Bonchev–Trinajstić information content (AvgIpc) is 3.45. The minimum atomic E-state index is -0.777. The van der Waals surface area contributed by atoms with Crippen LogP contribution in [-0.4, -0.2) is 29.4 Å². The lowest BCUT2D eigenvalue weighted by atomic mass is 9.78. The number of hydrogen-bond acceptors (Lipinski definition) is 7. The Hall–Kier alpha value is -7.00. The van der Waals surface area contributed by atoms with Crippen molar-refractivity contribution in [3.63, 3.8) is 0 Å². The summed E-state index contributed by atoms with van der Waals surface area (Å²) >= 11 is 0. The number of fused-ring (bicyclic) bond motifs is 3. The van der Waals surface area contributed by atoms with Gasteiger partial charge in [0, 0.05) is 78.9 Å². The molecule has 0 spiro atoms. The molecule has 9 heteroatoms. The number of hydrogen-bond donors (Lipinski definition) is 4. The lowest BCUT2D eigenvalue weighted by Crippen LogP contribution is -2.94. The van der Waals surface area contributed by atoms with Gasteiger partial charge in [0.05, 0.1) is 32.6 Å². The maximum atomic E-state index is 14.5. The summed E-state index contributed by atoms with van der Waals surface area (Å²) in [5.41, 5.74) is 4.08. The standard InChI is InChI=1S/C54H49N5O4/c1-27(2)24-25-59-37-23-19-28-12-9-10-14-31(28)44(37)52(3,4)38(59)26-35-48(60)41(49(35)61)32-21-17-30-18-22-34(47-40(30)46(32)57-54(7,8)58-47)43-50(62)42(51(43)63)33-20-16-29-13-11-15-36-39(29)45(33)56-53(5,6)55-36/h9-23,26-27,55,58,60,62H,24-25H2,1-8H3/b38-26-,41-32-,42-33-. The van der Waals surface area contributed by atoms with Crippen molar-refractivity contribution in [1.29, 1.82) is 0 Å². The first-order valence-corrected chi connectivity index (χ1v) is 21.9. The van der Waals surface area contributed by atoms with E-state index in [-0.39, 0.29) is 45.4 Å². The van der Waals surface area contributed by atoms with Gasteiger partial charge in [-0.1, -0.05) is 106 Å². The maximum absolute atomic E-state index is 14.5. The van der Waals surface area contributed by atoms with Gasteiger partial charge in [-0.2, -0.15) is 0 Å². The summed E-state index contributed by atoms with van der Waals surface area (Å²) in [4.78, 5) is 38.3. The predicted octanol–water partition coefficient (Wildman–Crippen LogP) is 2.45. The Bertz CT molecular complexity index is 3530. The SMILES string of the molecule is CC(C)CCN1/C(=C\C2=C([O-])C(=c3\ccc4ccc(C5=C([O-])/C(=c6\ccc7cccc8c7c6=[NH+]C(C)(C)N8)C5=O)c5c4c3=[NH+]C(C)(C)N5)/C2=O)C(C)(C)c2c1ccc1ccccc21. The molecule has 9 nitrogen and oxygen atoms in total. The van der Waals surface area contributed by atoms with Crippen LogP contribution in [-0.2, 0) is 15.0 Å². The van der Waals surface area contributed by atoms with Gasteiger partial charge in [-0.25, -0.2) is 9.98 Å². The maximum Gasteiger partial charge on any atom is 0.228 e. The minimum Gasteiger partial charge on any atom is -0.871 e. The quantitative estimate of drug-likeness (QED) is 0.210. The molecule has 0 amide bonds. The van der Waals surface area contributed by atoms with Gasteiger partial charge in [-0.3, -0.25) is 9.59 Å². The second-order valence-electron chi connectivity index (χ2n) is 19.7. The number of nitrogens with zero attached hydrogens (tertiary/aromatic N) is 1. The fraction of sp³-hybridized carbons (Fsp3) is 0.259. The molecule has 3 heterocycles. The number of ketones is 2. The first kappa shape index (κ1) is 38.9. The van der Waals surface area contributed by atoms with Crippen LogP contribution in [0.1, 0.15) is 72.9 Å². The Morgan fingerprint density at radius 1 is 0.667 bits per heavy atom. The van der Waals surface area contributed by atoms with Crippen molar-refractivity contribution in [3.8, 4) is 0 Å². The van der Waals surface area contributed by atoms with Gasteiger partial charge in [0.15, 0.2) is 11.6 Å². The van der Waals surface area contributed by atoms with Crippen LogP contribution in [0.5, 0.6) is 0 Å². The summed E-state index contributed by atoms with van der Waals surface area (Å²) in [5.74, 6) is -0.780. The van der Waals surface area contributed by atoms with Gasteiger partial charge in [-0.05, 0) is 69.8 Å². The van der Waals surface area contributed by atoms with Crippen molar-refractivity contribution in [1.82, 2.24) is 0 Å². The lowest BCUT2D eigenvalue weighted by molar-refractivity contribution is -0.574. The fourth-order valence-corrected chi connectivity index (χ4v) is 10.7. The van der Waals surface area contributed by atoms with Crippen molar-refractivity contribution in [3.05, 3.63) is 152 Å². The van der Waals surface area contributed by atoms with Crippen molar-refractivity contribution in [2.45, 2.75) is 78.6 Å². The Labute approximate surface area is 364 Å². The van der Waals surface area contributed by atoms with E-state index >= 15 is 0 Å². The van der Waals surface area contributed by atoms with Crippen LogP contribution in [0.2, 0.25) is 0 Å². The van der Waals surface area contributed by atoms with Gasteiger partial charge < -0.3 is 25.7 Å². The Morgan fingerprint density at radius 2 is 1.29 bits per heavy atom. The van der Waals surface area contributed by atoms with Crippen molar-refractivity contribution in [2.75, 3.05) is 22.1 Å². The van der Waals surface area contributed by atoms with Gasteiger partial charge >= 0.3 is 0 Å². The predicted molar refractivity (Wildman–Crippen MR) is 245 cm³/mol. The molecule has 0 unspecified atom stereocenters. The van der Waals surface area contributed by atoms with Crippen molar-refractivity contribution < 1.29 is 29.8 Å². The van der Waals surface area contributed by atoms with Crippen molar-refractivity contribution in [2.24, 2.45) is 5.92 Å². The molecular formula is C54H49N5O4. The minimum absolute atomic E-state index is 0.109. The van der Waals surface area contributed by atoms with Crippen LogP contribution in [0, 0.1) is 5.92 Å². The number of Topliss-reactive ketones (excluding diaryl/α,β-unsaturated/α-hetero) is 2. The second-order valence-corrected chi connectivity index (χ2v) is 19.7. The highest BCUT2D eigenvalue weighted by Crippen LogP contribution is 2.52. The molecule has 6 aromatic rings. The second kappa shape index (κ2) is 13.0. The number of benzene rings is 6. The third-order valence-corrected chi connectivity index (χ3v) is 13.6. The van der Waals surface area contributed by atoms with E-state index in [0.29, 0.717) is 38.3 Å². The van der Waals surface area contributed by atoms with Crippen LogP contribution in [0.4, 0.5) is 17.1 Å². The summed E-state index contributed by atoms with van der Waals surface area (Å²) in [6, 6.07) is 30.0. The molecule has 5 aliphatic rings. The third-order valence-electron chi connectivity index (χ3n) is 13.6. The molecule has 3 aliphatic heterocycles. The van der Waals surface area contributed by atoms with Gasteiger partial charge in [-0.15, -0.1) is 0 Å². The number of carbonyl (C=O) groups excluding carboxylic acids is 2. The molecule has 0 atom stereocenters. The zero-order valence-corrected chi connectivity index (χ0v) is 36.8. The summed E-state index contributed by atoms with van der Waals surface area (Å²) in [6.07, 6.45) is 2.79. The molecule has 63 heavy (non-hydrogen) atoms. The average molecular weight is 832 g/mol. The molecule has 11 rings (SSSR count). The fourth-order valence-electron chi connectivity index (χ4n) is 10.7. The largest absolute Gasteiger partial charge is 0.871 e. The highest BCUT2D eigenvalue weighted by Gasteiger charge is 2.43. The number of anilines is 3. The number of rotatable bonds is 5. The zero-order valence-electron chi connectivity index (χ0n) is 36.8. The Kier molecular flexibility index (Phi) is 8.04. The topological polar surface area (TPSA) is 136 Å². The van der Waals surface area contributed by atoms with E-state index in [0.717, 1.165) is 56.9 Å². The van der Waals surface area contributed by atoms with Crippen LogP contribution in [0.25, 0.3) is 49.0 Å². The molecule has 0 fully saturated rings. The first-order valence-electron chi connectivity index (χ1n) is 21.9. The van der Waals surface area contributed by atoms with Crippen LogP contribution < -0.4 is 56.9 Å². The third kappa shape index (κ3) is 5.54. The number of allylic oxidation sites excluding steroid dienone is 6. The summed E-state index contributed by atoms with van der Waals surface area (Å²) < 4.78 is 0. The number of nitrogens with one attached hydrogen (secondary N) is 4. The Morgan fingerprint density at radius 3 is 1.98 bits per heavy atom. The molecule has 0 aromatic heterocycles. The highest BCUT2D eigenvalue weighted by atomic mass is 16.3. The van der Waals surface area contributed by atoms with Gasteiger partial charge in [0.2, 0.25) is 22.0 Å². The molecule has 0 saturated carbocycles. The first-order chi connectivity index (χ1) is 30.0. The van der Waals surface area contributed by atoms with E-state index in [2.05, 4.69) is 83.5 Å². The van der Waals surface area contributed by atoms with E-state index in [1.165, 1.54) is 10.9 Å². The summed E-state index contributed by atoms with van der Waals surface area (Å²) in [7, 11) is 0. The van der Waals surface area contributed by atoms with E-state index < -0.39 is 16.7 Å². The molecule has 4 N–H and O–H groups in total. The zero-order chi connectivity index (χ0) is 44.1. The Balaban J connectivity index is 1.08.